The first-order valence-corrected chi connectivity index (χ1v) is 10.4. The van der Waals surface area contributed by atoms with Gasteiger partial charge in [0, 0.05) is 30.0 Å². The molecule has 1 aromatic carbocycles. The Morgan fingerprint density at radius 2 is 1.97 bits per heavy atom. The number of benzene rings is 1. The van der Waals surface area contributed by atoms with Gasteiger partial charge in [0.2, 0.25) is 5.91 Å². The molecule has 10 nitrogen and oxygen atoms in total. The van der Waals surface area contributed by atoms with Gasteiger partial charge in [-0.25, -0.2) is 0 Å². The molecule has 0 bridgehead atoms. The van der Waals surface area contributed by atoms with Crippen LogP contribution in [0, 0.1) is 18.8 Å². The largest absolute Gasteiger partial charge is 0.484 e. The zero-order valence-corrected chi connectivity index (χ0v) is 17.6. The van der Waals surface area contributed by atoms with Crippen molar-refractivity contribution < 1.29 is 24.2 Å². The highest BCUT2D eigenvalue weighted by Gasteiger charge is 2.28. The normalized spacial score (nSPS) is 18.9. The summed E-state index contributed by atoms with van der Waals surface area (Å²) >= 11 is 0. The van der Waals surface area contributed by atoms with Crippen LogP contribution in [0.1, 0.15) is 37.7 Å². The third-order valence-electron chi connectivity index (χ3n) is 5.39. The van der Waals surface area contributed by atoms with E-state index in [1.54, 1.807) is 0 Å². The summed E-state index contributed by atoms with van der Waals surface area (Å²) in [6, 6.07) is 6.79. The van der Waals surface area contributed by atoms with Crippen molar-refractivity contribution in [2.75, 3.05) is 19.7 Å². The smallest absolute Gasteiger partial charge is 0.305 e. The van der Waals surface area contributed by atoms with Crippen molar-refractivity contribution in [1.29, 1.82) is 0 Å². The van der Waals surface area contributed by atoms with E-state index < -0.39 is 12.0 Å². The summed E-state index contributed by atoms with van der Waals surface area (Å²) in [5.74, 6) is -0.704. The van der Waals surface area contributed by atoms with Crippen molar-refractivity contribution in [3.8, 4) is 5.75 Å². The van der Waals surface area contributed by atoms with Crippen molar-refractivity contribution in [2.24, 2.45) is 17.0 Å². The molecule has 0 saturated heterocycles. The molecular formula is C21H29N5O5. The second-order valence-corrected chi connectivity index (χ2v) is 7.79. The number of carbonyl (C=O) groups excluding carboxylic acids is 2. The van der Waals surface area contributed by atoms with E-state index in [4.69, 9.17) is 15.4 Å². The molecule has 0 aromatic heterocycles. The fourth-order valence-corrected chi connectivity index (χ4v) is 3.63. The molecule has 1 atom stereocenters. The van der Waals surface area contributed by atoms with Crippen LogP contribution in [0.25, 0.3) is 10.4 Å². The van der Waals surface area contributed by atoms with E-state index in [-0.39, 0.29) is 43.2 Å². The molecule has 2 rings (SSSR count). The molecule has 0 aliphatic heterocycles. The molecule has 1 aromatic rings. The zero-order valence-electron chi connectivity index (χ0n) is 17.6. The van der Waals surface area contributed by atoms with Crippen molar-refractivity contribution >= 4 is 17.8 Å². The van der Waals surface area contributed by atoms with E-state index in [0.29, 0.717) is 25.1 Å². The number of ether oxygens (including phenoxy) is 1. The van der Waals surface area contributed by atoms with Gasteiger partial charge in [-0.15, -0.1) is 0 Å². The number of nitrogens with one attached hydrogen (secondary N) is 2. The molecule has 31 heavy (non-hydrogen) atoms. The Hall–Kier alpha value is -3.26. The third kappa shape index (κ3) is 8.55. The van der Waals surface area contributed by atoms with Gasteiger partial charge in [-0.3, -0.25) is 14.4 Å². The first-order valence-electron chi connectivity index (χ1n) is 10.4. The van der Waals surface area contributed by atoms with Gasteiger partial charge in [0.1, 0.15) is 5.75 Å². The number of azide groups is 1. The molecule has 1 fully saturated rings. The van der Waals surface area contributed by atoms with Crippen LogP contribution in [0.5, 0.6) is 5.75 Å². The number of carboxylic acids is 1. The number of para-hydroxylation sites is 1. The molecule has 0 unspecified atom stereocenters. The Bertz CT molecular complexity index is 812. The Morgan fingerprint density at radius 1 is 1.26 bits per heavy atom. The monoisotopic (exact) mass is 431 g/mol. The minimum atomic E-state index is -1.07. The fraction of sp³-hybridized carbons (Fsp3) is 0.571. The van der Waals surface area contributed by atoms with Gasteiger partial charge < -0.3 is 20.5 Å². The fourth-order valence-electron chi connectivity index (χ4n) is 3.63. The SMILES string of the molecule is Cc1ccccc1OCC(=O)NCC1CCC(C(=O)N[C@H](CN=[N+]=[N-])CC(=O)O)CC1. The van der Waals surface area contributed by atoms with Crippen LogP contribution in [0.15, 0.2) is 29.4 Å². The summed E-state index contributed by atoms with van der Waals surface area (Å²) in [6.07, 6.45) is 2.60. The molecule has 10 heteroatoms. The molecule has 168 valence electrons. The number of carbonyl (C=O) groups is 3. The second-order valence-electron chi connectivity index (χ2n) is 7.79. The van der Waals surface area contributed by atoms with E-state index in [9.17, 15) is 14.4 Å². The van der Waals surface area contributed by atoms with Crippen LogP contribution in [0.4, 0.5) is 0 Å². The first-order chi connectivity index (χ1) is 14.9. The molecule has 0 spiro atoms. The van der Waals surface area contributed by atoms with Gasteiger partial charge in [0.05, 0.1) is 6.42 Å². The van der Waals surface area contributed by atoms with Gasteiger partial charge in [-0.2, -0.15) is 0 Å². The lowest BCUT2D eigenvalue weighted by Gasteiger charge is -2.29. The average molecular weight is 431 g/mol. The Labute approximate surface area is 181 Å². The maximum Gasteiger partial charge on any atom is 0.305 e. The lowest BCUT2D eigenvalue weighted by atomic mass is 9.81. The molecular weight excluding hydrogens is 402 g/mol. The summed E-state index contributed by atoms with van der Waals surface area (Å²) in [6.45, 7) is 2.31. The van der Waals surface area contributed by atoms with Crippen LogP contribution in [-0.4, -0.2) is 48.6 Å². The van der Waals surface area contributed by atoms with E-state index in [2.05, 4.69) is 20.7 Å². The lowest BCUT2D eigenvalue weighted by molar-refractivity contribution is -0.138. The number of amides is 2. The Balaban J connectivity index is 1.69. The van der Waals surface area contributed by atoms with E-state index in [1.165, 1.54) is 0 Å². The predicted molar refractivity (Wildman–Crippen MR) is 113 cm³/mol. The number of nitrogens with zero attached hydrogens (tertiary/aromatic N) is 3. The lowest BCUT2D eigenvalue weighted by Crippen LogP contribution is -2.43. The molecule has 3 N–H and O–H groups in total. The van der Waals surface area contributed by atoms with Crippen LogP contribution in [0.3, 0.4) is 0 Å². The van der Waals surface area contributed by atoms with E-state index in [0.717, 1.165) is 18.4 Å². The van der Waals surface area contributed by atoms with Crippen LogP contribution < -0.4 is 15.4 Å². The number of aryl methyl sites for hydroxylation is 1. The highest BCUT2D eigenvalue weighted by atomic mass is 16.5. The molecule has 1 aliphatic rings. The minimum Gasteiger partial charge on any atom is -0.484 e. The maximum atomic E-state index is 12.4. The quantitative estimate of drug-likeness (QED) is 0.279. The Kier molecular flexibility index (Phi) is 9.64. The van der Waals surface area contributed by atoms with Crippen molar-refractivity contribution in [2.45, 2.75) is 45.1 Å². The standard InChI is InChI=1S/C21H29N5O5/c1-14-4-2-3-5-18(14)31-13-19(27)23-11-15-6-8-16(9-7-15)21(30)25-17(10-20(28)29)12-24-26-22/h2-5,15-17H,6-13H2,1H3,(H,23,27)(H,25,30)(H,28,29)/t15?,16?,17-/m0/s1. The van der Waals surface area contributed by atoms with Gasteiger partial charge >= 0.3 is 5.97 Å². The molecule has 0 heterocycles. The summed E-state index contributed by atoms with van der Waals surface area (Å²) in [4.78, 5) is 38.0. The highest BCUT2D eigenvalue weighted by molar-refractivity contribution is 5.80. The number of aliphatic carboxylic acids is 1. The Morgan fingerprint density at radius 3 is 2.61 bits per heavy atom. The van der Waals surface area contributed by atoms with E-state index >= 15 is 0 Å². The van der Waals surface area contributed by atoms with Crippen LogP contribution >= 0.6 is 0 Å². The average Bonchev–Trinajstić information content (AvgIpc) is 2.75. The first kappa shape index (κ1) is 24.0. The summed E-state index contributed by atoms with van der Waals surface area (Å²) in [5, 5.41) is 17.9. The second kappa shape index (κ2) is 12.4. The summed E-state index contributed by atoms with van der Waals surface area (Å²) in [5.41, 5.74) is 9.38. The van der Waals surface area contributed by atoms with Gasteiger partial charge in [-0.1, -0.05) is 23.3 Å². The van der Waals surface area contributed by atoms with Crippen molar-refractivity contribution in [3.63, 3.8) is 0 Å². The number of hydrogen-bond donors (Lipinski definition) is 3. The molecule has 2 amide bonds. The van der Waals surface area contributed by atoms with Gasteiger partial charge in [-0.05, 0) is 55.7 Å². The van der Waals surface area contributed by atoms with Gasteiger partial charge in [0.15, 0.2) is 6.61 Å². The number of carboxylic acid groups (broad SMARTS) is 1. The van der Waals surface area contributed by atoms with Crippen LogP contribution in [0.2, 0.25) is 0 Å². The third-order valence-corrected chi connectivity index (χ3v) is 5.39. The summed E-state index contributed by atoms with van der Waals surface area (Å²) in [7, 11) is 0. The number of rotatable bonds is 11. The molecule has 1 saturated carbocycles. The highest BCUT2D eigenvalue weighted by Crippen LogP contribution is 2.28. The minimum absolute atomic E-state index is 0.0429. The topological polar surface area (TPSA) is 153 Å². The molecule has 0 radical (unpaired) electrons. The maximum absolute atomic E-state index is 12.4. The van der Waals surface area contributed by atoms with Crippen molar-refractivity contribution in [3.05, 3.63) is 40.3 Å². The zero-order chi connectivity index (χ0) is 22.6. The van der Waals surface area contributed by atoms with Crippen molar-refractivity contribution in [1.82, 2.24) is 10.6 Å². The van der Waals surface area contributed by atoms with Crippen LogP contribution in [-0.2, 0) is 14.4 Å². The van der Waals surface area contributed by atoms with Gasteiger partial charge in [0.25, 0.3) is 5.91 Å². The van der Waals surface area contributed by atoms with E-state index in [1.807, 2.05) is 31.2 Å². The molecule has 1 aliphatic carbocycles. The predicted octanol–water partition coefficient (Wildman–Crippen LogP) is 2.57. The summed E-state index contributed by atoms with van der Waals surface area (Å²) < 4.78 is 5.54. The number of hydrogen-bond acceptors (Lipinski definition) is 5.